The van der Waals surface area contributed by atoms with Gasteiger partial charge in [-0.3, -0.25) is 9.78 Å². The third kappa shape index (κ3) is 0.760. The largest absolute Gasteiger partial charge is 0.369 e. The van der Waals surface area contributed by atoms with Crippen molar-refractivity contribution in [2.45, 2.75) is 0 Å². The lowest BCUT2D eigenvalue weighted by Crippen LogP contribution is -2.13. The summed E-state index contributed by atoms with van der Waals surface area (Å²) in [6.07, 6.45) is 0. The van der Waals surface area contributed by atoms with E-state index in [0.29, 0.717) is 5.52 Å². The number of aryl methyl sites for hydroxylation is 1. The number of aromatic amines is 1. The quantitative estimate of drug-likeness (QED) is 0.502. The number of aromatic nitrogens is 5. The molecule has 7 nitrogen and oxygen atoms in total. The third-order valence-electron chi connectivity index (χ3n) is 1.49. The van der Waals surface area contributed by atoms with Gasteiger partial charge in [0.2, 0.25) is 11.6 Å². The van der Waals surface area contributed by atoms with E-state index in [9.17, 15) is 4.79 Å². The average Bonchev–Trinajstić information content (AvgIpc) is 2.31. The van der Waals surface area contributed by atoms with Crippen LogP contribution in [0.3, 0.4) is 0 Å². The molecule has 0 amide bonds. The minimum atomic E-state index is -0.329. The highest BCUT2D eigenvalue weighted by Crippen LogP contribution is 2.00. The van der Waals surface area contributed by atoms with E-state index in [4.69, 9.17) is 5.73 Å². The predicted octanol–water partition coefficient (Wildman–Crippen LogP) is -1.37. The highest BCUT2D eigenvalue weighted by atomic mass is 16.1. The Morgan fingerprint density at radius 1 is 1.58 bits per heavy atom. The fraction of sp³-hybridized carbons (Fsp3) is 0.200. The number of nitrogens with one attached hydrogen (secondary N) is 1. The summed E-state index contributed by atoms with van der Waals surface area (Å²) in [5.74, 6) is 0.0491. The highest BCUT2D eigenvalue weighted by Gasteiger charge is 2.07. The Hall–Kier alpha value is -1.92. The second-order valence-corrected chi connectivity index (χ2v) is 2.34. The van der Waals surface area contributed by atoms with Gasteiger partial charge in [0.25, 0.3) is 5.56 Å². The molecule has 12 heavy (non-hydrogen) atoms. The van der Waals surface area contributed by atoms with Crippen LogP contribution in [0.2, 0.25) is 0 Å². The maximum Gasteiger partial charge on any atom is 0.280 e. The van der Waals surface area contributed by atoms with Crippen LogP contribution >= 0.6 is 0 Å². The zero-order valence-electron chi connectivity index (χ0n) is 6.27. The topological polar surface area (TPSA) is 102 Å². The van der Waals surface area contributed by atoms with Crippen molar-refractivity contribution in [1.82, 2.24) is 25.0 Å². The number of hydrogen-bond acceptors (Lipinski definition) is 5. The molecule has 2 aromatic heterocycles. The molecular formula is C5H6N6O. The number of rotatable bonds is 0. The summed E-state index contributed by atoms with van der Waals surface area (Å²) in [5, 5.41) is 7.27. The summed E-state index contributed by atoms with van der Waals surface area (Å²) in [6.45, 7) is 0. The molecule has 62 valence electrons. The van der Waals surface area contributed by atoms with Gasteiger partial charge >= 0.3 is 0 Å². The molecule has 3 N–H and O–H groups in total. The van der Waals surface area contributed by atoms with Crippen LogP contribution in [0, 0.1) is 0 Å². The summed E-state index contributed by atoms with van der Waals surface area (Å²) in [7, 11) is 1.61. The molecule has 0 radical (unpaired) electrons. The van der Waals surface area contributed by atoms with Crippen molar-refractivity contribution in [2.75, 3.05) is 5.73 Å². The van der Waals surface area contributed by atoms with E-state index in [0.717, 1.165) is 0 Å². The van der Waals surface area contributed by atoms with Crippen molar-refractivity contribution >= 4 is 17.1 Å². The minimum absolute atomic E-state index is 0.0491. The molecule has 0 atom stereocenters. The second kappa shape index (κ2) is 2.03. The normalized spacial score (nSPS) is 10.8. The first-order valence-electron chi connectivity index (χ1n) is 3.23. The van der Waals surface area contributed by atoms with Crippen LogP contribution in [0.5, 0.6) is 0 Å². The second-order valence-electron chi connectivity index (χ2n) is 2.34. The summed E-state index contributed by atoms with van der Waals surface area (Å²) in [5.41, 5.74) is 5.55. The van der Waals surface area contributed by atoms with Crippen LogP contribution in [0.1, 0.15) is 0 Å². The summed E-state index contributed by atoms with van der Waals surface area (Å²) < 4.78 is 1.35. The van der Waals surface area contributed by atoms with Crippen LogP contribution in [0.15, 0.2) is 4.79 Å². The van der Waals surface area contributed by atoms with Crippen molar-refractivity contribution in [1.29, 1.82) is 0 Å². The molecular weight excluding hydrogens is 160 g/mol. The van der Waals surface area contributed by atoms with Gasteiger partial charge in [0.05, 0.1) is 0 Å². The number of hydrogen-bond donors (Lipinski definition) is 2. The van der Waals surface area contributed by atoms with Gasteiger partial charge in [-0.25, -0.2) is 4.68 Å². The van der Waals surface area contributed by atoms with E-state index in [1.165, 1.54) is 4.68 Å². The molecule has 7 heteroatoms. The van der Waals surface area contributed by atoms with Gasteiger partial charge in [0.15, 0.2) is 5.52 Å². The SMILES string of the molecule is Cn1nnc2nc(N)[nH]c(=O)c21. The lowest BCUT2D eigenvalue weighted by atomic mass is 10.5. The monoisotopic (exact) mass is 166 g/mol. The van der Waals surface area contributed by atoms with Crippen molar-refractivity contribution < 1.29 is 0 Å². The molecule has 0 aromatic carbocycles. The maximum atomic E-state index is 11.2. The highest BCUT2D eigenvalue weighted by molar-refractivity contribution is 5.69. The van der Waals surface area contributed by atoms with Gasteiger partial charge in [-0.15, -0.1) is 5.10 Å². The first-order valence-corrected chi connectivity index (χ1v) is 3.23. The Morgan fingerprint density at radius 2 is 2.33 bits per heavy atom. The molecule has 2 heterocycles. The molecule has 2 aromatic rings. The molecule has 0 bridgehead atoms. The van der Waals surface area contributed by atoms with E-state index in [1.807, 2.05) is 0 Å². The number of nitrogen functional groups attached to an aromatic ring is 1. The molecule has 2 rings (SSSR count). The predicted molar refractivity (Wildman–Crippen MR) is 41.3 cm³/mol. The first-order chi connectivity index (χ1) is 5.68. The third-order valence-corrected chi connectivity index (χ3v) is 1.49. The van der Waals surface area contributed by atoms with Crippen LogP contribution in [-0.2, 0) is 7.05 Å². The fourth-order valence-corrected chi connectivity index (χ4v) is 0.988. The standard InChI is InChI=1S/C5H6N6O/c1-11-2-3(9-10-11)7-5(6)8-4(2)12/h1H3,(H3,6,7,8,12). The number of anilines is 1. The van der Waals surface area contributed by atoms with Crippen LogP contribution in [-0.4, -0.2) is 25.0 Å². The van der Waals surface area contributed by atoms with Crippen molar-refractivity contribution in [3.63, 3.8) is 0 Å². The Kier molecular flexibility index (Phi) is 1.15. The molecule has 0 aliphatic heterocycles. The summed E-state index contributed by atoms with van der Waals surface area (Å²) in [4.78, 5) is 17.3. The summed E-state index contributed by atoms with van der Waals surface area (Å²) in [6, 6.07) is 0. The van der Waals surface area contributed by atoms with Crippen LogP contribution < -0.4 is 11.3 Å². The number of fused-ring (bicyclic) bond motifs is 1. The number of nitrogens with two attached hydrogens (primary N) is 1. The Balaban J connectivity index is 3.03. The van der Waals surface area contributed by atoms with Gasteiger partial charge in [0.1, 0.15) is 0 Å². The van der Waals surface area contributed by atoms with Crippen LogP contribution in [0.25, 0.3) is 11.2 Å². The van der Waals surface area contributed by atoms with Crippen molar-refractivity contribution in [2.24, 2.45) is 7.05 Å². The van der Waals surface area contributed by atoms with Gasteiger partial charge < -0.3 is 5.73 Å². The maximum absolute atomic E-state index is 11.2. The number of nitrogens with zero attached hydrogens (tertiary/aromatic N) is 4. The smallest absolute Gasteiger partial charge is 0.280 e. The molecule has 0 spiro atoms. The fourth-order valence-electron chi connectivity index (χ4n) is 0.988. The van der Waals surface area contributed by atoms with E-state index < -0.39 is 0 Å². The number of H-pyrrole nitrogens is 1. The average molecular weight is 166 g/mol. The van der Waals surface area contributed by atoms with E-state index >= 15 is 0 Å². The van der Waals surface area contributed by atoms with Gasteiger partial charge in [-0.1, -0.05) is 5.21 Å². The zero-order chi connectivity index (χ0) is 8.72. The summed E-state index contributed by atoms with van der Waals surface area (Å²) >= 11 is 0. The molecule has 0 unspecified atom stereocenters. The van der Waals surface area contributed by atoms with E-state index in [2.05, 4.69) is 20.3 Å². The Labute approximate surface area is 66.2 Å². The van der Waals surface area contributed by atoms with Gasteiger partial charge in [-0.05, 0) is 0 Å². The molecule has 0 fully saturated rings. The Morgan fingerprint density at radius 3 is 3.08 bits per heavy atom. The zero-order valence-corrected chi connectivity index (χ0v) is 6.27. The molecule has 0 aliphatic carbocycles. The van der Waals surface area contributed by atoms with Gasteiger partial charge in [-0.2, -0.15) is 4.98 Å². The van der Waals surface area contributed by atoms with Crippen molar-refractivity contribution in [3.8, 4) is 0 Å². The first kappa shape index (κ1) is 6.77. The van der Waals surface area contributed by atoms with E-state index in [-0.39, 0.29) is 17.2 Å². The molecule has 0 saturated heterocycles. The Bertz CT molecular complexity index is 482. The molecule has 0 saturated carbocycles. The van der Waals surface area contributed by atoms with Gasteiger partial charge in [0, 0.05) is 7.05 Å². The molecule has 0 aliphatic rings. The van der Waals surface area contributed by atoms with Crippen LogP contribution in [0.4, 0.5) is 5.95 Å². The lowest BCUT2D eigenvalue weighted by Gasteiger charge is -1.91. The van der Waals surface area contributed by atoms with Crippen molar-refractivity contribution in [3.05, 3.63) is 10.4 Å². The van der Waals surface area contributed by atoms with E-state index in [1.54, 1.807) is 7.05 Å². The minimum Gasteiger partial charge on any atom is -0.369 e. The lowest BCUT2D eigenvalue weighted by molar-refractivity contribution is 0.733.